The second kappa shape index (κ2) is 16.6. The van der Waals surface area contributed by atoms with Crippen LogP contribution in [-0.2, 0) is 0 Å². The lowest BCUT2D eigenvalue weighted by Crippen LogP contribution is -2.46. The van der Waals surface area contributed by atoms with Gasteiger partial charge in [0.2, 0.25) is 5.89 Å². The van der Waals surface area contributed by atoms with Crippen molar-refractivity contribution < 1.29 is 46.4 Å². The van der Waals surface area contributed by atoms with Gasteiger partial charge in [-0.3, -0.25) is 9.79 Å². The number of unbranched alkanes of at least 4 members (excludes halogenated alkanes) is 2. The molecule has 7 rings (SSSR count). The number of phenolic OH excluding ortho intramolecular Hbond substituents is 1. The van der Waals surface area contributed by atoms with Crippen molar-refractivity contribution in [3.05, 3.63) is 54.1 Å². The van der Waals surface area contributed by atoms with Gasteiger partial charge in [-0.15, -0.1) is 13.2 Å². The number of halogens is 3. The summed E-state index contributed by atoms with van der Waals surface area (Å²) in [7, 11) is 1.59. The minimum Gasteiger partial charge on any atom is -0.504 e. The van der Waals surface area contributed by atoms with E-state index in [4.69, 9.17) is 18.6 Å². The second-order valence-corrected chi connectivity index (χ2v) is 13.7. The van der Waals surface area contributed by atoms with Crippen molar-refractivity contribution in [3.8, 4) is 40.2 Å². The molecule has 0 aliphatic carbocycles. The summed E-state index contributed by atoms with van der Waals surface area (Å²) in [6.07, 6.45) is 2.71. The molecule has 4 aromatic rings. The van der Waals surface area contributed by atoms with Gasteiger partial charge >= 0.3 is 6.36 Å². The third-order valence-corrected chi connectivity index (χ3v) is 9.97. The maximum absolute atomic E-state index is 13.1. The van der Waals surface area contributed by atoms with Crippen LogP contribution < -0.4 is 18.9 Å². The quantitative estimate of drug-likeness (QED) is 0.126. The zero-order valence-corrected chi connectivity index (χ0v) is 30.1. The molecular weight excluding hydrogens is 707 g/mol. The summed E-state index contributed by atoms with van der Waals surface area (Å²) in [6.45, 7) is 7.79. The predicted octanol–water partition coefficient (Wildman–Crippen LogP) is 7.06. The van der Waals surface area contributed by atoms with E-state index in [1.165, 1.54) is 12.1 Å². The molecular formula is C39H44F3N5O7. The van der Waals surface area contributed by atoms with Crippen molar-refractivity contribution in [3.63, 3.8) is 0 Å². The van der Waals surface area contributed by atoms with Crippen LogP contribution in [0.2, 0.25) is 0 Å². The van der Waals surface area contributed by atoms with Crippen LogP contribution >= 0.6 is 0 Å². The van der Waals surface area contributed by atoms with E-state index >= 15 is 0 Å². The molecule has 1 aromatic heterocycles. The van der Waals surface area contributed by atoms with E-state index in [9.17, 15) is 23.1 Å². The van der Waals surface area contributed by atoms with Gasteiger partial charge in [0.05, 0.1) is 37.6 Å². The van der Waals surface area contributed by atoms with Crippen molar-refractivity contribution in [2.75, 3.05) is 66.1 Å². The number of nitrogens with zero attached hydrogens (tertiary/aromatic N) is 5. The summed E-state index contributed by atoms with van der Waals surface area (Å²) in [5.41, 5.74) is 2.14. The van der Waals surface area contributed by atoms with Gasteiger partial charge in [0, 0.05) is 56.6 Å². The normalized spacial score (nSPS) is 17.7. The van der Waals surface area contributed by atoms with Gasteiger partial charge in [0.15, 0.2) is 28.6 Å². The number of ether oxygens (including phenoxy) is 4. The molecule has 1 atom stereocenters. The number of phenols is 1. The number of aliphatic imine (C=N–C) groups is 1. The van der Waals surface area contributed by atoms with Crippen LogP contribution in [0.15, 0.2) is 57.9 Å². The predicted molar refractivity (Wildman–Crippen MR) is 195 cm³/mol. The third kappa shape index (κ3) is 9.01. The highest BCUT2D eigenvalue weighted by molar-refractivity contribution is 6.03. The molecule has 54 heavy (non-hydrogen) atoms. The summed E-state index contributed by atoms with van der Waals surface area (Å²) < 4.78 is 64.7. The monoisotopic (exact) mass is 751 g/mol. The van der Waals surface area contributed by atoms with Crippen molar-refractivity contribution in [1.82, 2.24) is 19.7 Å². The fourth-order valence-corrected chi connectivity index (χ4v) is 7.09. The molecule has 12 nitrogen and oxygen atoms in total. The first-order valence-electron chi connectivity index (χ1n) is 18.4. The van der Waals surface area contributed by atoms with Gasteiger partial charge in [-0.1, -0.05) is 0 Å². The minimum atomic E-state index is -4.81. The summed E-state index contributed by atoms with van der Waals surface area (Å²) in [4.78, 5) is 28.9. The summed E-state index contributed by atoms with van der Waals surface area (Å²) in [5.74, 6) is 1.15. The number of carbonyl (C=O) groups excluding carboxylic acids is 1. The summed E-state index contributed by atoms with van der Waals surface area (Å²) >= 11 is 0. The Morgan fingerprint density at radius 1 is 0.870 bits per heavy atom. The lowest BCUT2D eigenvalue weighted by molar-refractivity contribution is -0.274. The molecule has 1 amide bonds. The van der Waals surface area contributed by atoms with Crippen LogP contribution in [0.3, 0.4) is 0 Å². The fourth-order valence-electron chi connectivity index (χ4n) is 7.09. The average molecular weight is 752 g/mol. The Balaban J connectivity index is 0.774. The van der Waals surface area contributed by atoms with Gasteiger partial charge in [0.25, 0.3) is 5.91 Å². The number of aromatic hydroxyl groups is 1. The Morgan fingerprint density at radius 2 is 1.59 bits per heavy atom. The highest BCUT2D eigenvalue weighted by atomic mass is 19.4. The van der Waals surface area contributed by atoms with E-state index in [0.717, 1.165) is 96.5 Å². The standard InChI is InChI=1S/C39H44F3N5O7/c1-50-35-23-29-31(43-25-27-7-6-14-47(27)38(29)49)24-36(35)52-20-5-3-13-46-17-15-45(16-18-46)12-2-4-19-51-33-11-8-26(21-32(33)48)37-44-30-10-9-28(22-34(30)53-37)54-39(40,41)42/h8-11,21-25,27,48H,2-7,12-20H2,1H3. The van der Waals surface area contributed by atoms with Crippen LogP contribution in [0, 0.1) is 0 Å². The molecule has 0 radical (unpaired) electrons. The van der Waals surface area contributed by atoms with E-state index < -0.39 is 12.1 Å². The molecule has 2 fully saturated rings. The van der Waals surface area contributed by atoms with Gasteiger partial charge < -0.3 is 43.2 Å². The number of amides is 1. The lowest BCUT2D eigenvalue weighted by atomic mass is 10.1. The largest absolute Gasteiger partial charge is 0.573 e. The first kappa shape index (κ1) is 37.3. The Kier molecular flexibility index (Phi) is 11.4. The number of piperazine rings is 1. The second-order valence-electron chi connectivity index (χ2n) is 13.7. The molecule has 0 spiro atoms. The number of methoxy groups -OCH3 is 1. The number of fused-ring (bicyclic) bond motifs is 3. The maximum atomic E-state index is 13.1. The lowest BCUT2D eigenvalue weighted by Gasteiger charge is -2.34. The van der Waals surface area contributed by atoms with Gasteiger partial charge in [-0.2, -0.15) is 0 Å². The third-order valence-electron chi connectivity index (χ3n) is 9.97. The highest BCUT2D eigenvalue weighted by Crippen LogP contribution is 2.38. The Labute approximate surface area is 311 Å². The summed E-state index contributed by atoms with van der Waals surface area (Å²) in [5, 5.41) is 10.5. The number of oxazole rings is 1. The average Bonchev–Trinajstić information content (AvgIpc) is 3.78. The van der Waals surface area contributed by atoms with Crippen LogP contribution in [-0.4, -0.2) is 115 Å². The highest BCUT2D eigenvalue weighted by Gasteiger charge is 2.33. The molecule has 15 heteroatoms. The molecule has 0 saturated carbocycles. The number of rotatable bonds is 15. The first-order chi connectivity index (χ1) is 26.1. The van der Waals surface area contributed by atoms with Gasteiger partial charge in [0.1, 0.15) is 11.3 Å². The van der Waals surface area contributed by atoms with Crippen LogP contribution in [0.25, 0.3) is 22.6 Å². The number of alkyl halides is 3. The number of hydrogen-bond acceptors (Lipinski definition) is 11. The van der Waals surface area contributed by atoms with Crippen molar-refractivity contribution in [2.24, 2.45) is 4.99 Å². The topological polar surface area (TPSA) is 122 Å². The van der Waals surface area contributed by atoms with Gasteiger partial charge in [-0.05, 0) is 88.0 Å². The fraction of sp³-hybridized carbons (Fsp3) is 0.462. The van der Waals surface area contributed by atoms with Gasteiger partial charge in [-0.25, -0.2) is 4.98 Å². The van der Waals surface area contributed by atoms with E-state index in [0.29, 0.717) is 52.8 Å². The number of benzene rings is 3. The molecule has 3 aromatic carbocycles. The van der Waals surface area contributed by atoms with Crippen molar-refractivity contribution in [1.29, 1.82) is 0 Å². The molecule has 4 heterocycles. The number of aromatic nitrogens is 1. The molecule has 1 unspecified atom stereocenters. The van der Waals surface area contributed by atoms with Crippen LogP contribution in [0.4, 0.5) is 18.9 Å². The Morgan fingerprint density at radius 3 is 2.28 bits per heavy atom. The molecule has 0 bridgehead atoms. The van der Waals surface area contributed by atoms with E-state index in [-0.39, 0.29) is 29.2 Å². The Bertz CT molecular complexity index is 1960. The maximum Gasteiger partial charge on any atom is 0.573 e. The van der Waals surface area contributed by atoms with E-state index in [2.05, 4.69) is 24.5 Å². The molecule has 1 N–H and O–H groups in total. The Hall–Kier alpha value is -5.02. The first-order valence-corrected chi connectivity index (χ1v) is 18.4. The van der Waals surface area contributed by atoms with Crippen molar-refractivity contribution >= 4 is 28.9 Å². The smallest absolute Gasteiger partial charge is 0.504 e. The van der Waals surface area contributed by atoms with Crippen LogP contribution in [0.5, 0.6) is 28.7 Å². The summed E-state index contributed by atoms with van der Waals surface area (Å²) in [6, 6.07) is 12.0. The number of hydrogen-bond donors (Lipinski definition) is 1. The molecule has 2 saturated heterocycles. The van der Waals surface area contributed by atoms with Crippen molar-refractivity contribution in [2.45, 2.75) is 50.9 Å². The molecule has 3 aliphatic heterocycles. The molecule has 3 aliphatic rings. The SMILES string of the molecule is COc1cc2c(cc1OCCCCN1CCN(CCCCOc3ccc(-c4nc5ccc(OC(F)(F)F)cc5o4)cc3O)CC1)N=CC1CCCN1C2=O. The van der Waals surface area contributed by atoms with E-state index in [1.807, 2.05) is 17.2 Å². The van der Waals surface area contributed by atoms with Crippen LogP contribution in [0.1, 0.15) is 48.9 Å². The zero-order chi connectivity index (χ0) is 37.7. The zero-order valence-electron chi connectivity index (χ0n) is 30.1. The minimum absolute atomic E-state index is 0.00118. The molecule has 288 valence electrons. The van der Waals surface area contributed by atoms with E-state index in [1.54, 1.807) is 25.3 Å². The number of carbonyl (C=O) groups is 1.